The van der Waals surface area contributed by atoms with Crippen LogP contribution in [0.5, 0.6) is 0 Å². The first-order chi connectivity index (χ1) is 13.6. The lowest BCUT2D eigenvalue weighted by molar-refractivity contribution is -0.140. The molecule has 2 unspecified atom stereocenters. The summed E-state index contributed by atoms with van der Waals surface area (Å²) in [5.74, 6) is -1.55. The summed E-state index contributed by atoms with van der Waals surface area (Å²) in [5, 5.41) is 11.4. The van der Waals surface area contributed by atoms with E-state index >= 15 is 0 Å². The van der Waals surface area contributed by atoms with Gasteiger partial charge in [-0.1, -0.05) is 23.7 Å². The molecule has 0 spiro atoms. The number of rotatable bonds is 4. The average Bonchev–Trinajstić information content (AvgIpc) is 3.31. The van der Waals surface area contributed by atoms with Crippen molar-refractivity contribution in [2.24, 2.45) is 0 Å². The minimum absolute atomic E-state index is 0.0662. The first kappa shape index (κ1) is 18.7. The van der Waals surface area contributed by atoms with Gasteiger partial charge in [0.1, 0.15) is 5.76 Å². The minimum atomic E-state index is -0.702. The van der Waals surface area contributed by atoms with Gasteiger partial charge in [0.15, 0.2) is 0 Å². The molecule has 144 valence electrons. The molecular formula is C21H19ClN2O4. The number of Topliss-reactive ketones (excluding diaryl/α,β-unsaturated/α-hetero) is 1. The maximum Gasteiger partial charge on any atom is 0.295 e. The Morgan fingerprint density at radius 1 is 1.18 bits per heavy atom. The molecule has 0 aliphatic carbocycles. The Balaban J connectivity index is 1.81. The van der Waals surface area contributed by atoms with E-state index in [1.54, 1.807) is 36.4 Å². The van der Waals surface area contributed by atoms with Crippen LogP contribution in [0.1, 0.15) is 30.0 Å². The summed E-state index contributed by atoms with van der Waals surface area (Å²) in [4.78, 5) is 31.1. The van der Waals surface area contributed by atoms with Gasteiger partial charge in [-0.2, -0.15) is 0 Å². The molecule has 1 aromatic heterocycles. The molecule has 2 aliphatic heterocycles. The summed E-state index contributed by atoms with van der Waals surface area (Å²) < 4.78 is 5.67. The van der Waals surface area contributed by atoms with Gasteiger partial charge in [0.25, 0.3) is 11.7 Å². The zero-order valence-corrected chi connectivity index (χ0v) is 15.8. The van der Waals surface area contributed by atoms with Crippen molar-refractivity contribution in [1.82, 2.24) is 9.88 Å². The van der Waals surface area contributed by atoms with Crippen LogP contribution in [-0.2, 0) is 14.3 Å². The Labute approximate surface area is 167 Å². The predicted octanol–water partition coefficient (Wildman–Crippen LogP) is 3.34. The standard InChI is InChI=1S/C21H19ClN2O4/c22-15-5-3-13(4-6-15)18-17(19(25)14-7-9-23-10-8-14)20(26)21(27)24(18)12-16-2-1-11-28-16/h3-10,16,18,25H,1-2,11-12H2/b19-17-. The van der Waals surface area contributed by atoms with Gasteiger partial charge in [-0.3, -0.25) is 14.6 Å². The maximum absolute atomic E-state index is 12.9. The largest absolute Gasteiger partial charge is 0.507 e. The van der Waals surface area contributed by atoms with Crippen molar-refractivity contribution in [2.45, 2.75) is 25.0 Å². The highest BCUT2D eigenvalue weighted by Gasteiger charge is 2.47. The fourth-order valence-electron chi connectivity index (χ4n) is 3.73. The summed E-state index contributed by atoms with van der Waals surface area (Å²) in [6, 6.07) is 9.44. The number of aromatic nitrogens is 1. The summed E-state index contributed by atoms with van der Waals surface area (Å²) in [6.07, 6.45) is 4.69. The molecule has 0 radical (unpaired) electrons. The molecule has 4 rings (SSSR count). The van der Waals surface area contributed by atoms with Crippen molar-refractivity contribution in [1.29, 1.82) is 0 Å². The maximum atomic E-state index is 12.9. The first-order valence-corrected chi connectivity index (χ1v) is 9.50. The highest BCUT2D eigenvalue weighted by Crippen LogP contribution is 2.40. The third-order valence-electron chi connectivity index (χ3n) is 5.10. The lowest BCUT2D eigenvalue weighted by Crippen LogP contribution is -2.36. The first-order valence-electron chi connectivity index (χ1n) is 9.12. The third-order valence-corrected chi connectivity index (χ3v) is 5.36. The quantitative estimate of drug-likeness (QED) is 0.485. The van der Waals surface area contributed by atoms with E-state index in [1.165, 1.54) is 17.3 Å². The van der Waals surface area contributed by atoms with E-state index in [0.717, 1.165) is 12.8 Å². The number of likely N-dealkylation sites (tertiary alicyclic amines) is 1. The van der Waals surface area contributed by atoms with E-state index in [2.05, 4.69) is 4.98 Å². The van der Waals surface area contributed by atoms with Gasteiger partial charge in [-0.05, 0) is 42.7 Å². The number of nitrogens with zero attached hydrogens (tertiary/aromatic N) is 2. The molecule has 2 aromatic rings. The molecule has 0 saturated carbocycles. The Kier molecular flexibility index (Phi) is 5.15. The number of pyridine rings is 1. The Bertz CT molecular complexity index is 921. The van der Waals surface area contributed by atoms with Crippen LogP contribution in [0.15, 0.2) is 54.4 Å². The number of hydrogen-bond acceptors (Lipinski definition) is 5. The molecule has 6 nitrogen and oxygen atoms in total. The van der Waals surface area contributed by atoms with Crippen molar-refractivity contribution in [3.63, 3.8) is 0 Å². The van der Waals surface area contributed by atoms with Crippen molar-refractivity contribution in [3.8, 4) is 0 Å². The van der Waals surface area contributed by atoms with Crippen LogP contribution in [0.3, 0.4) is 0 Å². The Morgan fingerprint density at radius 3 is 2.54 bits per heavy atom. The number of ether oxygens (including phenoxy) is 1. The molecule has 2 saturated heterocycles. The molecule has 1 aromatic carbocycles. The van der Waals surface area contributed by atoms with Crippen molar-refractivity contribution in [3.05, 3.63) is 70.5 Å². The van der Waals surface area contributed by atoms with Crippen molar-refractivity contribution < 1.29 is 19.4 Å². The van der Waals surface area contributed by atoms with Crippen LogP contribution in [0.25, 0.3) is 5.76 Å². The summed E-state index contributed by atoms with van der Waals surface area (Å²) in [5.41, 5.74) is 1.21. The number of carbonyl (C=O) groups is 2. The van der Waals surface area contributed by atoms with E-state index in [1.807, 2.05) is 0 Å². The Morgan fingerprint density at radius 2 is 1.89 bits per heavy atom. The van der Waals surface area contributed by atoms with E-state index in [-0.39, 0.29) is 17.4 Å². The summed E-state index contributed by atoms with van der Waals surface area (Å²) in [6.45, 7) is 0.947. The number of carbonyl (C=O) groups excluding carboxylic acids is 2. The number of benzene rings is 1. The number of aliphatic hydroxyl groups is 1. The zero-order valence-electron chi connectivity index (χ0n) is 15.0. The van der Waals surface area contributed by atoms with Crippen LogP contribution in [0.4, 0.5) is 0 Å². The van der Waals surface area contributed by atoms with E-state index in [0.29, 0.717) is 29.3 Å². The summed E-state index contributed by atoms with van der Waals surface area (Å²) >= 11 is 6.01. The SMILES string of the molecule is O=C1C(=O)N(CC2CCCO2)C(c2ccc(Cl)cc2)/C1=C(/O)c1ccncc1. The molecule has 7 heteroatoms. The number of hydrogen-bond donors (Lipinski definition) is 1. The molecule has 0 bridgehead atoms. The van der Waals surface area contributed by atoms with Gasteiger partial charge in [0.2, 0.25) is 0 Å². The van der Waals surface area contributed by atoms with Crippen molar-refractivity contribution in [2.75, 3.05) is 13.2 Å². The number of halogens is 1. The third kappa shape index (κ3) is 3.41. The number of ketones is 1. The highest BCUT2D eigenvalue weighted by atomic mass is 35.5. The lowest BCUT2D eigenvalue weighted by Gasteiger charge is -2.27. The van der Waals surface area contributed by atoms with Crippen LogP contribution in [0.2, 0.25) is 5.02 Å². The minimum Gasteiger partial charge on any atom is -0.507 e. The lowest BCUT2D eigenvalue weighted by atomic mass is 9.95. The second kappa shape index (κ2) is 7.73. The van der Waals surface area contributed by atoms with Crippen molar-refractivity contribution >= 4 is 29.1 Å². The zero-order chi connectivity index (χ0) is 19.7. The molecule has 2 aliphatic rings. The van der Waals surface area contributed by atoms with Gasteiger partial charge >= 0.3 is 0 Å². The summed E-state index contributed by atoms with van der Waals surface area (Å²) in [7, 11) is 0. The Hall–Kier alpha value is -2.70. The predicted molar refractivity (Wildman–Crippen MR) is 104 cm³/mol. The van der Waals surface area contributed by atoms with Gasteiger partial charge in [0, 0.05) is 36.1 Å². The average molecular weight is 399 g/mol. The smallest absolute Gasteiger partial charge is 0.295 e. The topological polar surface area (TPSA) is 79.7 Å². The van der Waals surface area contributed by atoms with Gasteiger partial charge in [0.05, 0.1) is 17.7 Å². The fourth-order valence-corrected chi connectivity index (χ4v) is 3.86. The normalized spacial score (nSPS) is 24.1. The molecule has 2 atom stereocenters. The molecule has 1 amide bonds. The highest BCUT2D eigenvalue weighted by molar-refractivity contribution is 6.46. The van der Waals surface area contributed by atoms with E-state index in [4.69, 9.17) is 16.3 Å². The second-order valence-corrected chi connectivity index (χ2v) is 7.31. The van der Waals surface area contributed by atoms with Crippen LogP contribution in [-0.4, -0.2) is 45.9 Å². The number of aliphatic hydroxyl groups excluding tert-OH is 1. The van der Waals surface area contributed by atoms with Crippen LogP contribution >= 0.6 is 11.6 Å². The van der Waals surface area contributed by atoms with Gasteiger partial charge in [-0.15, -0.1) is 0 Å². The van der Waals surface area contributed by atoms with E-state index < -0.39 is 17.7 Å². The number of amides is 1. The molecule has 2 fully saturated rings. The van der Waals surface area contributed by atoms with Crippen LogP contribution < -0.4 is 0 Å². The second-order valence-electron chi connectivity index (χ2n) is 6.87. The molecule has 1 N–H and O–H groups in total. The van der Waals surface area contributed by atoms with Gasteiger partial charge in [-0.25, -0.2) is 0 Å². The fraction of sp³-hybridized carbons (Fsp3) is 0.286. The molecule has 3 heterocycles. The molecular weight excluding hydrogens is 380 g/mol. The van der Waals surface area contributed by atoms with Gasteiger partial charge < -0.3 is 14.7 Å². The monoisotopic (exact) mass is 398 g/mol. The van der Waals surface area contributed by atoms with Crippen LogP contribution in [0, 0.1) is 0 Å². The molecule has 28 heavy (non-hydrogen) atoms. The van der Waals surface area contributed by atoms with E-state index in [9.17, 15) is 14.7 Å².